The summed E-state index contributed by atoms with van der Waals surface area (Å²) in [4.78, 5) is 0. The van der Waals surface area contributed by atoms with Gasteiger partial charge in [-0.05, 0) is 30.1 Å². The van der Waals surface area contributed by atoms with Gasteiger partial charge >= 0.3 is 0 Å². The first-order chi connectivity index (χ1) is 7.92. The van der Waals surface area contributed by atoms with E-state index >= 15 is 0 Å². The van der Waals surface area contributed by atoms with Crippen molar-refractivity contribution in [2.75, 3.05) is 26.3 Å². The van der Waals surface area contributed by atoms with E-state index in [0.29, 0.717) is 19.1 Å². The number of nitrogens with one attached hydrogen (secondary N) is 1. The number of hydrogen-bond donors (Lipinski definition) is 2. The Kier molecular flexibility index (Phi) is 5.90. The van der Waals surface area contributed by atoms with Gasteiger partial charge in [0.15, 0.2) is 0 Å². The molecule has 0 aromatic carbocycles. The van der Waals surface area contributed by atoms with Gasteiger partial charge in [-0.15, -0.1) is 0 Å². The molecule has 0 aliphatic heterocycles. The Balaban J connectivity index is 2.00. The predicted octanol–water partition coefficient (Wildman–Crippen LogP) is 2.05. The summed E-state index contributed by atoms with van der Waals surface area (Å²) in [6.45, 7) is 11.8. The molecule has 1 aliphatic carbocycles. The van der Waals surface area contributed by atoms with Gasteiger partial charge in [-0.2, -0.15) is 0 Å². The maximum atomic E-state index is 9.73. The van der Waals surface area contributed by atoms with E-state index < -0.39 is 0 Å². The molecule has 0 aromatic rings. The monoisotopic (exact) mass is 243 g/mol. The summed E-state index contributed by atoms with van der Waals surface area (Å²) in [5.41, 5.74) is 0.272. The maximum absolute atomic E-state index is 9.73. The molecule has 0 spiro atoms. The van der Waals surface area contributed by atoms with E-state index in [-0.39, 0.29) is 11.5 Å². The van der Waals surface area contributed by atoms with E-state index in [2.05, 4.69) is 33.0 Å². The first kappa shape index (κ1) is 14.9. The number of rotatable bonds is 9. The lowest BCUT2D eigenvalue weighted by Crippen LogP contribution is -2.38. The smallest absolute Gasteiger partial charge is 0.0897 e. The molecule has 3 nitrogen and oxygen atoms in total. The summed E-state index contributed by atoms with van der Waals surface area (Å²) < 4.78 is 5.46. The molecule has 1 aliphatic rings. The molecular weight excluding hydrogens is 214 g/mol. The summed E-state index contributed by atoms with van der Waals surface area (Å²) in [7, 11) is 0. The molecular formula is C14H29NO2. The van der Waals surface area contributed by atoms with E-state index in [0.717, 1.165) is 19.1 Å². The lowest BCUT2D eigenvalue weighted by molar-refractivity contribution is 0.0309. The minimum absolute atomic E-state index is 0.272. The lowest BCUT2D eigenvalue weighted by atomic mass is 9.81. The normalized spacial score (nSPS) is 18.7. The molecule has 0 heterocycles. The van der Waals surface area contributed by atoms with Gasteiger partial charge in [0.1, 0.15) is 0 Å². The summed E-state index contributed by atoms with van der Waals surface area (Å²) in [5.74, 6) is 1.41. The van der Waals surface area contributed by atoms with Crippen LogP contribution in [0.2, 0.25) is 0 Å². The minimum atomic E-state index is -0.378. The zero-order chi connectivity index (χ0) is 12.9. The zero-order valence-electron chi connectivity index (χ0n) is 11.8. The fourth-order valence-corrected chi connectivity index (χ4v) is 1.48. The lowest BCUT2D eigenvalue weighted by Gasteiger charge is -2.30. The molecule has 1 unspecified atom stereocenters. The van der Waals surface area contributed by atoms with Crippen LogP contribution in [0.4, 0.5) is 0 Å². The summed E-state index contributed by atoms with van der Waals surface area (Å²) in [6.07, 6.45) is 2.23. The van der Waals surface area contributed by atoms with Gasteiger partial charge in [-0.1, -0.05) is 27.7 Å². The molecule has 1 atom stereocenters. The molecule has 0 amide bonds. The molecule has 0 aromatic heterocycles. The molecule has 3 heteroatoms. The minimum Gasteiger partial charge on any atom is -0.389 e. The van der Waals surface area contributed by atoms with Gasteiger partial charge in [0.25, 0.3) is 0 Å². The Hall–Kier alpha value is -0.120. The predicted molar refractivity (Wildman–Crippen MR) is 71.0 cm³/mol. The third kappa shape index (κ3) is 6.39. The van der Waals surface area contributed by atoms with Crippen molar-refractivity contribution in [3.05, 3.63) is 0 Å². The van der Waals surface area contributed by atoms with Gasteiger partial charge in [-0.25, -0.2) is 0 Å². The van der Waals surface area contributed by atoms with Crippen LogP contribution >= 0.6 is 0 Å². The third-order valence-electron chi connectivity index (χ3n) is 3.88. The average Bonchev–Trinajstić information content (AvgIpc) is 3.01. The van der Waals surface area contributed by atoms with E-state index in [1.165, 1.54) is 12.8 Å². The third-order valence-corrected chi connectivity index (χ3v) is 3.88. The van der Waals surface area contributed by atoms with Crippen LogP contribution in [-0.2, 0) is 4.74 Å². The van der Waals surface area contributed by atoms with Crippen molar-refractivity contribution in [1.29, 1.82) is 0 Å². The fraction of sp³-hybridized carbons (Fsp3) is 1.00. The van der Waals surface area contributed by atoms with Crippen LogP contribution in [0.5, 0.6) is 0 Å². The zero-order valence-corrected chi connectivity index (χ0v) is 11.8. The van der Waals surface area contributed by atoms with Crippen molar-refractivity contribution in [3.63, 3.8) is 0 Å². The largest absolute Gasteiger partial charge is 0.389 e. The average molecular weight is 243 g/mol. The van der Waals surface area contributed by atoms with E-state index in [9.17, 15) is 5.11 Å². The van der Waals surface area contributed by atoms with Crippen LogP contribution in [0.1, 0.15) is 40.5 Å². The molecule has 1 rings (SSSR count). The number of aliphatic hydroxyl groups is 1. The van der Waals surface area contributed by atoms with Crippen molar-refractivity contribution in [2.24, 2.45) is 17.3 Å². The van der Waals surface area contributed by atoms with Gasteiger partial charge in [0.05, 0.1) is 12.7 Å². The number of ether oxygens (including phenoxy) is 1. The Bertz CT molecular complexity index is 212. The van der Waals surface area contributed by atoms with Crippen molar-refractivity contribution in [2.45, 2.75) is 46.6 Å². The molecule has 102 valence electrons. The van der Waals surface area contributed by atoms with Crippen LogP contribution in [0.3, 0.4) is 0 Å². The van der Waals surface area contributed by atoms with Crippen molar-refractivity contribution >= 4 is 0 Å². The second-order valence-corrected chi connectivity index (χ2v) is 6.41. The second-order valence-electron chi connectivity index (χ2n) is 6.41. The number of aliphatic hydroxyl groups excluding tert-OH is 1. The summed E-state index contributed by atoms with van der Waals surface area (Å²) in [6, 6.07) is 0. The maximum Gasteiger partial charge on any atom is 0.0897 e. The molecule has 0 radical (unpaired) electrons. The van der Waals surface area contributed by atoms with E-state index in [1.807, 2.05) is 0 Å². The van der Waals surface area contributed by atoms with Crippen LogP contribution in [0.25, 0.3) is 0 Å². The summed E-state index contributed by atoms with van der Waals surface area (Å²) >= 11 is 0. The van der Waals surface area contributed by atoms with Crippen LogP contribution in [-0.4, -0.2) is 37.5 Å². The molecule has 17 heavy (non-hydrogen) atoms. The van der Waals surface area contributed by atoms with Gasteiger partial charge in [0.2, 0.25) is 0 Å². The topological polar surface area (TPSA) is 41.5 Å². The van der Waals surface area contributed by atoms with Crippen LogP contribution in [0, 0.1) is 17.3 Å². The van der Waals surface area contributed by atoms with Gasteiger partial charge in [-0.3, -0.25) is 0 Å². The Morgan fingerprint density at radius 3 is 2.53 bits per heavy atom. The Morgan fingerprint density at radius 2 is 2.00 bits per heavy atom. The van der Waals surface area contributed by atoms with Gasteiger partial charge in [0, 0.05) is 19.7 Å². The number of hydrogen-bond acceptors (Lipinski definition) is 3. The highest BCUT2D eigenvalue weighted by Crippen LogP contribution is 2.28. The van der Waals surface area contributed by atoms with Crippen LogP contribution < -0.4 is 5.32 Å². The second kappa shape index (κ2) is 6.72. The van der Waals surface area contributed by atoms with Crippen molar-refractivity contribution < 1.29 is 9.84 Å². The van der Waals surface area contributed by atoms with Crippen molar-refractivity contribution in [3.8, 4) is 0 Å². The van der Waals surface area contributed by atoms with Crippen LogP contribution in [0.15, 0.2) is 0 Å². The molecule has 1 saturated carbocycles. The quantitative estimate of drug-likeness (QED) is 0.651. The van der Waals surface area contributed by atoms with Gasteiger partial charge < -0.3 is 15.2 Å². The fourth-order valence-electron chi connectivity index (χ4n) is 1.48. The van der Waals surface area contributed by atoms with E-state index in [4.69, 9.17) is 4.74 Å². The summed E-state index contributed by atoms with van der Waals surface area (Å²) in [5, 5.41) is 13.1. The molecule has 1 fully saturated rings. The highest BCUT2D eigenvalue weighted by Gasteiger charge is 2.23. The molecule has 0 saturated heterocycles. The highest BCUT2D eigenvalue weighted by molar-refractivity contribution is 4.76. The Labute approximate surface area is 106 Å². The van der Waals surface area contributed by atoms with Crippen molar-refractivity contribution in [1.82, 2.24) is 5.32 Å². The van der Waals surface area contributed by atoms with E-state index in [1.54, 1.807) is 0 Å². The standard InChI is InChI=1S/C14H29NO2/c1-11(2)14(3,4)10-15-7-13(16)9-17-8-12-5-6-12/h11-13,15-16H,5-10H2,1-4H3. The highest BCUT2D eigenvalue weighted by atomic mass is 16.5. The first-order valence-corrected chi connectivity index (χ1v) is 6.88. The first-order valence-electron chi connectivity index (χ1n) is 6.88. The SMILES string of the molecule is CC(C)C(C)(C)CNCC(O)COCC1CC1. The molecule has 0 bridgehead atoms. The Morgan fingerprint density at radius 1 is 1.35 bits per heavy atom. The molecule has 2 N–H and O–H groups in total.